The Morgan fingerprint density at radius 2 is 2.19 bits per heavy atom. The van der Waals surface area contributed by atoms with E-state index in [1.54, 1.807) is 19.2 Å². The van der Waals surface area contributed by atoms with Crippen LogP contribution in [0.15, 0.2) is 43.0 Å². The van der Waals surface area contributed by atoms with Crippen LogP contribution in [0.1, 0.15) is 22.0 Å². The van der Waals surface area contributed by atoms with Crippen molar-refractivity contribution < 1.29 is 9.53 Å². The molecule has 3 aromatic heterocycles. The van der Waals surface area contributed by atoms with Crippen LogP contribution in [0, 0.1) is 12.8 Å². The minimum atomic E-state index is -0.0696. The molecular formula is C19H21N5O2. The molecule has 4 rings (SSSR count). The molecule has 0 N–H and O–H groups in total. The smallest absolute Gasteiger partial charge is 0.272 e. The van der Waals surface area contributed by atoms with Gasteiger partial charge in [0.05, 0.1) is 24.4 Å². The lowest BCUT2D eigenvalue weighted by Gasteiger charge is -2.23. The SMILES string of the molecule is Cc1nccc(C(=O)N2CCOC[C@@H](Cc3nccn4cccc34)C2)n1. The molecule has 7 nitrogen and oxygen atoms in total. The van der Waals surface area contributed by atoms with Crippen molar-refractivity contribution in [2.24, 2.45) is 5.92 Å². The Hall–Kier alpha value is -2.80. The number of ether oxygens (including phenoxy) is 1. The fourth-order valence-corrected chi connectivity index (χ4v) is 3.39. The zero-order valence-corrected chi connectivity index (χ0v) is 14.7. The van der Waals surface area contributed by atoms with E-state index in [2.05, 4.69) is 25.4 Å². The first-order valence-electron chi connectivity index (χ1n) is 8.78. The largest absolute Gasteiger partial charge is 0.379 e. The quantitative estimate of drug-likeness (QED) is 0.719. The second kappa shape index (κ2) is 7.21. The van der Waals surface area contributed by atoms with E-state index in [-0.39, 0.29) is 11.8 Å². The molecule has 3 aromatic rings. The zero-order valence-electron chi connectivity index (χ0n) is 14.7. The molecule has 0 radical (unpaired) electrons. The summed E-state index contributed by atoms with van der Waals surface area (Å²) >= 11 is 0. The predicted molar refractivity (Wildman–Crippen MR) is 95.9 cm³/mol. The van der Waals surface area contributed by atoms with Crippen LogP contribution in [0.3, 0.4) is 0 Å². The number of amides is 1. The van der Waals surface area contributed by atoms with Crippen LogP contribution in [0.2, 0.25) is 0 Å². The molecule has 0 aliphatic carbocycles. The highest BCUT2D eigenvalue weighted by Crippen LogP contribution is 2.18. The van der Waals surface area contributed by atoms with Gasteiger partial charge in [-0.25, -0.2) is 9.97 Å². The van der Waals surface area contributed by atoms with Crippen molar-refractivity contribution >= 4 is 11.4 Å². The summed E-state index contributed by atoms with van der Waals surface area (Å²) in [5.74, 6) is 0.723. The van der Waals surface area contributed by atoms with E-state index in [9.17, 15) is 4.79 Å². The van der Waals surface area contributed by atoms with Crippen molar-refractivity contribution in [3.8, 4) is 0 Å². The van der Waals surface area contributed by atoms with E-state index in [1.165, 1.54) is 0 Å². The summed E-state index contributed by atoms with van der Waals surface area (Å²) in [6.45, 7) is 4.15. The van der Waals surface area contributed by atoms with Gasteiger partial charge in [-0.1, -0.05) is 0 Å². The Kier molecular flexibility index (Phi) is 4.62. The molecule has 134 valence electrons. The standard InChI is InChI=1S/C19H21N5O2/c1-14-20-5-4-16(22-14)19(25)24-9-10-26-13-15(12-24)11-17-18-3-2-7-23(18)8-6-21-17/h2-8,15H,9-13H2,1H3/t15-/m0/s1. The number of carbonyl (C=O) groups excluding carboxylic acids is 1. The molecule has 1 aliphatic rings. The van der Waals surface area contributed by atoms with Gasteiger partial charge in [0.1, 0.15) is 11.5 Å². The van der Waals surface area contributed by atoms with E-state index in [0.717, 1.165) is 17.6 Å². The summed E-state index contributed by atoms with van der Waals surface area (Å²) in [4.78, 5) is 27.5. The highest BCUT2D eigenvalue weighted by Gasteiger charge is 2.25. The fraction of sp³-hybridized carbons (Fsp3) is 0.368. The Morgan fingerprint density at radius 1 is 1.27 bits per heavy atom. The van der Waals surface area contributed by atoms with Gasteiger partial charge >= 0.3 is 0 Å². The maximum absolute atomic E-state index is 12.8. The molecule has 1 saturated heterocycles. The number of aryl methyl sites for hydroxylation is 1. The summed E-state index contributed by atoms with van der Waals surface area (Å²) < 4.78 is 7.81. The Balaban J connectivity index is 1.52. The number of carbonyl (C=O) groups is 1. The van der Waals surface area contributed by atoms with Gasteiger partial charge in [-0.15, -0.1) is 0 Å². The van der Waals surface area contributed by atoms with Crippen LogP contribution in [0.5, 0.6) is 0 Å². The first kappa shape index (κ1) is 16.7. The van der Waals surface area contributed by atoms with Gasteiger partial charge in [-0.2, -0.15) is 0 Å². The van der Waals surface area contributed by atoms with E-state index in [1.807, 2.05) is 29.6 Å². The van der Waals surface area contributed by atoms with Crippen LogP contribution < -0.4 is 0 Å². The maximum atomic E-state index is 12.8. The topological polar surface area (TPSA) is 72.6 Å². The normalized spacial score (nSPS) is 18.0. The van der Waals surface area contributed by atoms with E-state index >= 15 is 0 Å². The highest BCUT2D eigenvalue weighted by atomic mass is 16.5. The van der Waals surface area contributed by atoms with Crippen molar-refractivity contribution in [2.45, 2.75) is 13.3 Å². The summed E-state index contributed by atoms with van der Waals surface area (Å²) in [5, 5.41) is 0. The Morgan fingerprint density at radius 3 is 3.08 bits per heavy atom. The van der Waals surface area contributed by atoms with Crippen molar-refractivity contribution in [1.82, 2.24) is 24.3 Å². The third-order valence-electron chi connectivity index (χ3n) is 4.63. The van der Waals surface area contributed by atoms with E-state index in [0.29, 0.717) is 37.8 Å². The van der Waals surface area contributed by atoms with Gasteiger partial charge in [0, 0.05) is 43.8 Å². The molecule has 1 atom stereocenters. The predicted octanol–water partition coefficient (Wildman–Crippen LogP) is 1.76. The van der Waals surface area contributed by atoms with Gasteiger partial charge in [0.15, 0.2) is 0 Å². The average molecular weight is 351 g/mol. The van der Waals surface area contributed by atoms with Crippen molar-refractivity contribution in [3.05, 3.63) is 60.2 Å². The van der Waals surface area contributed by atoms with Gasteiger partial charge in [-0.05, 0) is 31.5 Å². The lowest BCUT2D eigenvalue weighted by atomic mass is 10.0. The molecule has 0 bridgehead atoms. The van der Waals surface area contributed by atoms with Crippen LogP contribution in [-0.2, 0) is 11.2 Å². The molecule has 0 spiro atoms. The first-order valence-corrected chi connectivity index (χ1v) is 8.78. The molecular weight excluding hydrogens is 330 g/mol. The molecule has 1 aliphatic heterocycles. The Bertz CT molecular complexity index is 923. The first-order chi connectivity index (χ1) is 12.7. The van der Waals surface area contributed by atoms with Crippen LogP contribution in [0.4, 0.5) is 0 Å². The second-order valence-electron chi connectivity index (χ2n) is 6.56. The maximum Gasteiger partial charge on any atom is 0.272 e. The average Bonchev–Trinajstić information content (AvgIpc) is 3.01. The summed E-state index contributed by atoms with van der Waals surface area (Å²) in [6, 6.07) is 5.74. The van der Waals surface area contributed by atoms with Crippen molar-refractivity contribution in [3.63, 3.8) is 0 Å². The van der Waals surface area contributed by atoms with Gasteiger partial charge in [0.25, 0.3) is 5.91 Å². The minimum absolute atomic E-state index is 0.0696. The number of fused-ring (bicyclic) bond motifs is 1. The highest BCUT2D eigenvalue weighted by molar-refractivity contribution is 5.92. The molecule has 1 amide bonds. The van der Waals surface area contributed by atoms with Crippen LogP contribution in [0.25, 0.3) is 5.52 Å². The number of nitrogens with zero attached hydrogens (tertiary/aromatic N) is 5. The molecule has 4 heterocycles. The van der Waals surface area contributed by atoms with Crippen LogP contribution in [-0.4, -0.2) is 56.5 Å². The lowest BCUT2D eigenvalue weighted by Crippen LogP contribution is -2.37. The van der Waals surface area contributed by atoms with Crippen molar-refractivity contribution in [1.29, 1.82) is 0 Å². The monoisotopic (exact) mass is 351 g/mol. The number of hydrogen-bond donors (Lipinski definition) is 0. The van der Waals surface area contributed by atoms with Gasteiger partial charge in [0.2, 0.25) is 0 Å². The van der Waals surface area contributed by atoms with Crippen LogP contribution >= 0.6 is 0 Å². The van der Waals surface area contributed by atoms with E-state index < -0.39 is 0 Å². The molecule has 1 fully saturated rings. The van der Waals surface area contributed by atoms with Gasteiger partial charge in [-0.3, -0.25) is 9.78 Å². The minimum Gasteiger partial charge on any atom is -0.379 e. The fourth-order valence-electron chi connectivity index (χ4n) is 3.39. The molecule has 0 unspecified atom stereocenters. The number of hydrogen-bond acceptors (Lipinski definition) is 5. The number of aromatic nitrogens is 4. The second-order valence-corrected chi connectivity index (χ2v) is 6.56. The number of rotatable bonds is 3. The molecule has 26 heavy (non-hydrogen) atoms. The lowest BCUT2D eigenvalue weighted by molar-refractivity contribution is 0.0731. The third-order valence-corrected chi connectivity index (χ3v) is 4.63. The Labute approximate surface area is 151 Å². The molecule has 0 saturated carbocycles. The summed E-state index contributed by atoms with van der Waals surface area (Å²) in [7, 11) is 0. The summed E-state index contributed by atoms with van der Waals surface area (Å²) in [5.41, 5.74) is 2.56. The van der Waals surface area contributed by atoms with Gasteiger partial charge < -0.3 is 14.0 Å². The zero-order chi connectivity index (χ0) is 17.9. The molecule has 0 aromatic carbocycles. The van der Waals surface area contributed by atoms with E-state index in [4.69, 9.17) is 4.74 Å². The summed E-state index contributed by atoms with van der Waals surface area (Å²) in [6.07, 6.45) is 8.15. The van der Waals surface area contributed by atoms with Crippen molar-refractivity contribution in [2.75, 3.05) is 26.3 Å². The molecule has 7 heteroatoms. The third kappa shape index (κ3) is 3.43.